The molecule has 0 aliphatic carbocycles. The van der Waals surface area contributed by atoms with Crippen molar-refractivity contribution < 1.29 is 4.79 Å². The Balaban J connectivity index is 1.59. The van der Waals surface area contributed by atoms with Gasteiger partial charge in [-0.05, 0) is 37.8 Å². The summed E-state index contributed by atoms with van der Waals surface area (Å²) in [5.74, 6) is 0.320. The van der Waals surface area contributed by atoms with Crippen LogP contribution < -0.4 is 15.8 Å². The van der Waals surface area contributed by atoms with Crippen LogP contribution in [0.15, 0.2) is 41.3 Å². The van der Waals surface area contributed by atoms with Crippen molar-refractivity contribution in [2.75, 3.05) is 23.3 Å². The van der Waals surface area contributed by atoms with Crippen LogP contribution in [0.2, 0.25) is 0 Å². The van der Waals surface area contributed by atoms with Gasteiger partial charge in [0, 0.05) is 38.3 Å². The standard InChI is InChI=1S/C19H24N4O2/c1-14-5-7-16(8-6-14)21-18(24)10-15-4-3-9-23(13-15)17-11-19(25)22(2)20-12-17/h5-8,11-12,15H,3-4,9-10,13H2,1-2H3,(H,21,24). The van der Waals surface area contributed by atoms with Crippen molar-refractivity contribution in [1.82, 2.24) is 9.78 Å². The first-order valence-corrected chi connectivity index (χ1v) is 8.66. The highest BCUT2D eigenvalue weighted by Gasteiger charge is 2.23. The van der Waals surface area contributed by atoms with Crippen LogP contribution in [0.3, 0.4) is 0 Å². The summed E-state index contributed by atoms with van der Waals surface area (Å²) >= 11 is 0. The minimum Gasteiger partial charge on any atom is -0.370 e. The molecule has 2 aromatic rings. The summed E-state index contributed by atoms with van der Waals surface area (Å²) in [5.41, 5.74) is 2.73. The van der Waals surface area contributed by atoms with E-state index in [2.05, 4.69) is 15.3 Å². The molecule has 1 amide bonds. The van der Waals surface area contributed by atoms with Crippen LogP contribution >= 0.6 is 0 Å². The van der Waals surface area contributed by atoms with Gasteiger partial charge in [0.05, 0.1) is 11.9 Å². The molecule has 1 atom stereocenters. The number of rotatable bonds is 4. The molecular weight excluding hydrogens is 316 g/mol. The highest BCUT2D eigenvalue weighted by Crippen LogP contribution is 2.24. The molecule has 1 unspecified atom stereocenters. The molecule has 1 aliphatic rings. The van der Waals surface area contributed by atoms with Crippen molar-refractivity contribution >= 4 is 17.3 Å². The molecule has 1 fully saturated rings. The van der Waals surface area contributed by atoms with Crippen molar-refractivity contribution in [2.24, 2.45) is 13.0 Å². The summed E-state index contributed by atoms with van der Waals surface area (Å²) < 4.78 is 1.32. The van der Waals surface area contributed by atoms with E-state index >= 15 is 0 Å². The highest BCUT2D eigenvalue weighted by atomic mass is 16.1. The van der Waals surface area contributed by atoms with Crippen LogP contribution in [0.1, 0.15) is 24.8 Å². The molecule has 1 saturated heterocycles. The number of nitrogens with one attached hydrogen (secondary N) is 1. The van der Waals surface area contributed by atoms with E-state index < -0.39 is 0 Å². The Kier molecular flexibility index (Phi) is 5.16. The van der Waals surface area contributed by atoms with E-state index in [1.165, 1.54) is 10.2 Å². The largest absolute Gasteiger partial charge is 0.370 e. The lowest BCUT2D eigenvalue weighted by atomic mass is 9.94. The Hall–Kier alpha value is -2.63. The molecule has 25 heavy (non-hydrogen) atoms. The van der Waals surface area contributed by atoms with Gasteiger partial charge in [-0.15, -0.1) is 0 Å². The fourth-order valence-corrected chi connectivity index (χ4v) is 3.21. The third-order valence-electron chi connectivity index (χ3n) is 4.65. The molecule has 1 aliphatic heterocycles. The van der Waals surface area contributed by atoms with E-state index in [0.29, 0.717) is 6.42 Å². The molecule has 132 valence electrons. The lowest BCUT2D eigenvalue weighted by Gasteiger charge is -2.33. The number of benzene rings is 1. The van der Waals surface area contributed by atoms with Crippen molar-refractivity contribution in [1.29, 1.82) is 0 Å². The van der Waals surface area contributed by atoms with Gasteiger partial charge < -0.3 is 10.2 Å². The van der Waals surface area contributed by atoms with E-state index in [4.69, 9.17) is 0 Å². The van der Waals surface area contributed by atoms with Gasteiger partial charge >= 0.3 is 0 Å². The topological polar surface area (TPSA) is 67.2 Å². The summed E-state index contributed by atoms with van der Waals surface area (Å²) in [6.45, 7) is 3.69. The SMILES string of the molecule is Cc1ccc(NC(=O)CC2CCCN(c3cnn(C)c(=O)c3)C2)cc1. The van der Waals surface area contributed by atoms with Crippen LogP contribution in [0.5, 0.6) is 0 Å². The number of carbonyl (C=O) groups excluding carboxylic acids is 1. The Morgan fingerprint density at radius 1 is 1.32 bits per heavy atom. The Morgan fingerprint density at radius 3 is 2.80 bits per heavy atom. The Morgan fingerprint density at radius 2 is 2.08 bits per heavy atom. The average molecular weight is 340 g/mol. The van der Waals surface area contributed by atoms with E-state index in [-0.39, 0.29) is 17.4 Å². The van der Waals surface area contributed by atoms with Gasteiger partial charge in [0.15, 0.2) is 0 Å². The zero-order chi connectivity index (χ0) is 17.8. The molecule has 0 spiro atoms. The van der Waals surface area contributed by atoms with Crippen LogP contribution in [0.4, 0.5) is 11.4 Å². The van der Waals surface area contributed by atoms with E-state index in [0.717, 1.165) is 37.3 Å². The monoisotopic (exact) mass is 340 g/mol. The fourth-order valence-electron chi connectivity index (χ4n) is 3.21. The van der Waals surface area contributed by atoms with E-state index in [1.54, 1.807) is 19.3 Å². The highest BCUT2D eigenvalue weighted by molar-refractivity contribution is 5.90. The van der Waals surface area contributed by atoms with Crippen LogP contribution in [0.25, 0.3) is 0 Å². The predicted molar refractivity (Wildman–Crippen MR) is 98.8 cm³/mol. The summed E-state index contributed by atoms with van der Waals surface area (Å²) in [4.78, 5) is 26.2. The molecule has 3 rings (SSSR count). The predicted octanol–water partition coefficient (Wildman–Crippen LogP) is 2.33. The fraction of sp³-hybridized carbons (Fsp3) is 0.421. The zero-order valence-electron chi connectivity index (χ0n) is 14.7. The smallest absolute Gasteiger partial charge is 0.268 e. The molecule has 0 bridgehead atoms. The second-order valence-corrected chi connectivity index (χ2v) is 6.75. The van der Waals surface area contributed by atoms with Crippen molar-refractivity contribution in [2.45, 2.75) is 26.2 Å². The zero-order valence-corrected chi connectivity index (χ0v) is 14.7. The van der Waals surface area contributed by atoms with Crippen molar-refractivity contribution in [3.8, 4) is 0 Å². The first kappa shape index (κ1) is 17.2. The molecule has 1 N–H and O–H groups in total. The molecule has 6 heteroatoms. The van der Waals surface area contributed by atoms with Crippen LogP contribution in [-0.2, 0) is 11.8 Å². The summed E-state index contributed by atoms with van der Waals surface area (Å²) in [6, 6.07) is 9.43. The van der Waals surface area contributed by atoms with Gasteiger partial charge in [-0.1, -0.05) is 17.7 Å². The maximum absolute atomic E-state index is 12.3. The second-order valence-electron chi connectivity index (χ2n) is 6.75. The molecule has 1 aromatic heterocycles. The minimum atomic E-state index is -0.114. The summed E-state index contributed by atoms with van der Waals surface area (Å²) in [6.07, 6.45) is 4.24. The molecular formula is C19H24N4O2. The molecule has 0 saturated carbocycles. The number of piperidine rings is 1. The quantitative estimate of drug-likeness (QED) is 0.928. The number of aryl methyl sites for hydroxylation is 2. The number of hydrogen-bond donors (Lipinski definition) is 1. The third kappa shape index (κ3) is 4.47. The van der Waals surface area contributed by atoms with Gasteiger partial charge in [0.25, 0.3) is 5.56 Å². The Labute approximate surface area is 147 Å². The molecule has 0 radical (unpaired) electrons. The number of nitrogens with zero attached hydrogens (tertiary/aromatic N) is 3. The van der Waals surface area contributed by atoms with Gasteiger partial charge in [-0.3, -0.25) is 9.59 Å². The number of carbonyl (C=O) groups is 1. The first-order valence-electron chi connectivity index (χ1n) is 8.66. The number of hydrogen-bond acceptors (Lipinski definition) is 4. The summed E-state index contributed by atoms with van der Waals surface area (Å²) in [5, 5.41) is 7.05. The molecule has 2 heterocycles. The van der Waals surface area contributed by atoms with Crippen LogP contribution in [-0.4, -0.2) is 28.8 Å². The lowest BCUT2D eigenvalue weighted by molar-refractivity contribution is -0.117. The van der Waals surface area contributed by atoms with Gasteiger partial charge in [-0.2, -0.15) is 5.10 Å². The molecule has 6 nitrogen and oxygen atoms in total. The van der Waals surface area contributed by atoms with Crippen molar-refractivity contribution in [3.05, 3.63) is 52.4 Å². The van der Waals surface area contributed by atoms with Gasteiger partial charge in [0.2, 0.25) is 5.91 Å². The van der Waals surface area contributed by atoms with Crippen LogP contribution in [0, 0.1) is 12.8 Å². The maximum Gasteiger partial charge on any atom is 0.268 e. The number of aromatic nitrogens is 2. The number of amides is 1. The first-order chi connectivity index (χ1) is 12.0. The Bertz CT molecular complexity index is 798. The third-order valence-corrected chi connectivity index (χ3v) is 4.65. The average Bonchev–Trinajstić information content (AvgIpc) is 2.59. The van der Waals surface area contributed by atoms with Gasteiger partial charge in [0.1, 0.15) is 0 Å². The second kappa shape index (κ2) is 7.51. The van der Waals surface area contributed by atoms with Gasteiger partial charge in [-0.25, -0.2) is 4.68 Å². The minimum absolute atomic E-state index is 0.0396. The van der Waals surface area contributed by atoms with E-state index in [9.17, 15) is 9.59 Å². The maximum atomic E-state index is 12.3. The lowest BCUT2D eigenvalue weighted by Crippen LogP contribution is -2.37. The summed E-state index contributed by atoms with van der Waals surface area (Å²) in [7, 11) is 1.64. The molecule has 1 aromatic carbocycles. The van der Waals surface area contributed by atoms with E-state index in [1.807, 2.05) is 31.2 Å². The number of anilines is 2. The van der Waals surface area contributed by atoms with Crippen molar-refractivity contribution in [3.63, 3.8) is 0 Å². The normalized spacial score (nSPS) is 17.4.